The molecule has 0 atom stereocenters. The van der Waals surface area contributed by atoms with E-state index in [0.717, 1.165) is 0 Å². The van der Waals surface area contributed by atoms with Crippen LogP contribution >= 0.6 is 0 Å². The second-order valence-electron chi connectivity index (χ2n) is 4.10. The summed E-state index contributed by atoms with van der Waals surface area (Å²) in [5.41, 5.74) is 0. The van der Waals surface area contributed by atoms with Gasteiger partial charge in [-0.05, 0) is 15.3 Å². The van der Waals surface area contributed by atoms with Crippen molar-refractivity contribution in [2.75, 3.05) is 33.2 Å². The fourth-order valence-electron chi connectivity index (χ4n) is 1.41. The fourth-order valence-corrected chi connectivity index (χ4v) is 2.82. The summed E-state index contributed by atoms with van der Waals surface area (Å²) in [6.07, 6.45) is 0. The van der Waals surface area contributed by atoms with E-state index in [1.54, 1.807) is 0 Å². The van der Waals surface area contributed by atoms with Gasteiger partial charge in [0.2, 0.25) is 0 Å². The molecule has 0 aromatic rings. The summed E-state index contributed by atoms with van der Waals surface area (Å²) in [7, 11) is 0.960. The number of hydrogen-bond acceptors (Lipinski definition) is 2. The molecule has 0 aromatic heterocycles. The molecule has 1 fully saturated rings. The predicted molar refractivity (Wildman–Crippen MR) is 51.9 cm³/mol. The monoisotopic (exact) mass is 178 g/mol. The van der Waals surface area contributed by atoms with Crippen molar-refractivity contribution in [3.8, 4) is 0 Å². The molecular formula is C8H19LiN2Si. The number of nitrogens with zero attached hydrogens (tertiary/aromatic N) is 2. The van der Waals surface area contributed by atoms with Gasteiger partial charge in [-0.15, -0.1) is 0 Å². The van der Waals surface area contributed by atoms with Crippen molar-refractivity contribution in [3.63, 3.8) is 0 Å². The number of rotatable bonds is 1. The third-order valence-electron chi connectivity index (χ3n) is 2.36. The van der Waals surface area contributed by atoms with Gasteiger partial charge in [0.25, 0.3) is 0 Å². The maximum atomic E-state index is 4.27. The van der Waals surface area contributed by atoms with E-state index in [2.05, 4.69) is 36.2 Å². The van der Waals surface area contributed by atoms with Crippen LogP contribution in [0.2, 0.25) is 13.1 Å². The first kappa shape index (κ1) is 12.7. The maximum absolute atomic E-state index is 4.27. The van der Waals surface area contributed by atoms with Gasteiger partial charge in [-0.25, -0.2) is 0 Å². The molecule has 0 amide bonds. The molecule has 0 bridgehead atoms. The first-order valence-corrected chi connectivity index (χ1v) is 7.44. The molecule has 66 valence electrons. The quantitative estimate of drug-likeness (QED) is 0.333. The average Bonchev–Trinajstić information content (AvgIpc) is 1.86. The van der Waals surface area contributed by atoms with E-state index in [0.29, 0.717) is 0 Å². The summed E-state index contributed by atoms with van der Waals surface area (Å²) < 4.78 is 2.58. The fraction of sp³-hybridized carbons (Fsp3) is 0.875. The van der Waals surface area contributed by atoms with Crippen molar-refractivity contribution in [2.45, 2.75) is 13.1 Å². The van der Waals surface area contributed by atoms with E-state index in [-0.39, 0.29) is 18.9 Å². The predicted octanol–water partition coefficient (Wildman–Crippen LogP) is -2.18. The maximum Gasteiger partial charge on any atom is 1.00 e. The minimum atomic E-state index is -1.23. The molecule has 0 aromatic carbocycles. The van der Waals surface area contributed by atoms with Crippen LogP contribution in [0, 0.1) is 6.55 Å². The zero-order chi connectivity index (χ0) is 8.48. The Morgan fingerprint density at radius 3 is 1.83 bits per heavy atom. The summed E-state index contributed by atoms with van der Waals surface area (Å²) in [5, 5.41) is 0. The Hall–Kier alpha value is 0.734. The molecule has 1 heterocycles. The molecule has 4 heteroatoms. The van der Waals surface area contributed by atoms with Crippen LogP contribution in [0.25, 0.3) is 0 Å². The summed E-state index contributed by atoms with van der Waals surface area (Å²) in [4.78, 5) is 2.39. The summed E-state index contributed by atoms with van der Waals surface area (Å²) in [6, 6.07) is 0. The molecular weight excluding hydrogens is 159 g/mol. The third-order valence-corrected chi connectivity index (χ3v) is 4.52. The van der Waals surface area contributed by atoms with Gasteiger partial charge in [-0.1, -0.05) is 13.1 Å². The van der Waals surface area contributed by atoms with Crippen molar-refractivity contribution in [2.24, 2.45) is 0 Å². The van der Waals surface area contributed by atoms with Gasteiger partial charge in [0, 0.05) is 26.2 Å². The molecule has 0 spiro atoms. The molecule has 0 unspecified atom stereocenters. The Morgan fingerprint density at radius 2 is 1.50 bits per heavy atom. The van der Waals surface area contributed by atoms with Crippen LogP contribution < -0.4 is 18.9 Å². The van der Waals surface area contributed by atoms with Gasteiger partial charge < -0.3 is 16.0 Å². The zero-order valence-corrected chi connectivity index (χ0v) is 9.93. The molecule has 0 N–H and O–H groups in total. The summed E-state index contributed by atoms with van der Waals surface area (Å²) in [5.74, 6) is 0. The van der Waals surface area contributed by atoms with E-state index in [9.17, 15) is 0 Å². The summed E-state index contributed by atoms with van der Waals surface area (Å²) >= 11 is 0. The molecule has 1 saturated heterocycles. The van der Waals surface area contributed by atoms with Crippen LogP contribution in [0.5, 0.6) is 0 Å². The number of piperazine rings is 1. The molecule has 0 saturated carbocycles. The van der Waals surface area contributed by atoms with Gasteiger partial charge in [0.05, 0.1) is 0 Å². The molecule has 0 aliphatic carbocycles. The first-order chi connectivity index (χ1) is 5.00. The van der Waals surface area contributed by atoms with Crippen LogP contribution in [0.4, 0.5) is 0 Å². The van der Waals surface area contributed by atoms with Crippen molar-refractivity contribution < 1.29 is 18.9 Å². The van der Waals surface area contributed by atoms with Gasteiger partial charge in [-0.2, -0.15) is 0 Å². The van der Waals surface area contributed by atoms with Gasteiger partial charge in [0.1, 0.15) is 0 Å². The summed E-state index contributed by atoms with van der Waals surface area (Å²) in [6.45, 7) is 13.8. The normalized spacial score (nSPS) is 22.0. The molecule has 0 radical (unpaired) electrons. The SMILES string of the molecule is [CH2-][Si](C)(C)N1CCN(C)CC1.[Li+]. The Morgan fingerprint density at radius 1 is 1.08 bits per heavy atom. The van der Waals surface area contributed by atoms with E-state index < -0.39 is 8.24 Å². The smallest absolute Gasteiger partial charge is 0.349 e. The second-order valence-corrected chi connectivity index (χ2v) is 8.36. The molecule has 2 nitrogen and oxygen atoms in total. The zero-order valence-electron chi connectivity index (χ0n) is 8.93. The third kappa shape index (κ3) is 3.63. The standard InChI is InChI=1S/C8H19N2Si.Li/c1-9-5-7-10(8-6-9)11(2,3)4;/h2,5-8H2,1,3-4H3;/q-1;+1. The topological polar surface area (TPSA) is 6.48 Å². The Bertz CT molecular complexity index is 128. The van der Waals surface area contributed by atoms with Crippen LogP contribution in [0.1, 0.15) is 0 Å². The minimum absolute atomic E-state index is 0. The van der Waals surface area contributed by atoms with E-state index >= 15 is 0 Å². The molecule has 1 rings (SSSR count). The Balaban J connectivity index is 0.00000121. The molecule has 12 heavy (non-hydrogen) atoms. The Labute approximate surface area is 89.6 Å². The van der Waals surface area contributed by atoms with Gasteiger partial charge >= 0.3 is 18.9 Å². The largest absolute Gasteiger partial charge is 1.00 e. The molecule has 1 aliphatic rings. The van der Waals surface area contributed by atoms with Crippen LogP contribution in [-0.4, -0.2) is 50.9 Å². The van der Waals surface area contributed by atoms with Crippen LogP contribution in [0.15, 0.2) is 0 Å². The minimum Gasteiger partial charge on any atom is -0.349 e. The van der Waals surface area contributed by atoms with E-state index in [1.807, 2.05) is 0 Å². The number of hydrogen-bond donors (Lipinski definition) is 0. The van der Waals surface area contributed by atoms with E-state index in [1.165, 1.54) is 26.2 Å². The van der Waals surface area contributed by atoms with Crippen molar-refractivity contribution in [1.29, 1.82) is 0 Å². The molecule has 1 aliphatic heterocycles. The first-order valence-electron chi connectivity index (χ1n) is 4.29. The van der Waals surface area contributed by atoms with Crippen molar-refractivity contribution in [3.05, 3.63) is 6.55 Å². The Kier molecular flexibility index (Phi) is 5.12. The number of likely N-dealkylation sites (N-methyl/N-ethyl adjacent to an activating group) is 1. The van der Waals surface area contributed by atoms with Crippen molar-refractivity contribution in [1.82, 2.24) is 9.47 Å². The second kappa shape index (κ2) is 4.83. The van der Waals surface area contributed by atoms with Gasteiger partial charge in [0.15, 0.2) is 0 Å². The van der Waals surface area contributed by atoms with Gasteiger partial charge in [-0.3, -0.25) is 0 Å². The van der Waals surface area contributed by atoms with Crippen molar-refractivity contribution >= 4 is 8.24 Å². The average molecular weight is 178 g/mol. The van der Waals surface area contributed by atoms with Crippen LogP contribution in [-0.2, 0) is 0 Å². The van der Waals surface area contributed by atoms with E-state index in [4.69, 9.17) is 0 Å². The van der Waals surface area contributed by atoms with Crippen LogP contribution in [0.3, 0.4) is 0 Å².